The first kappa shape index (κ1) is 5.61. The summed E-state index contributed by atoms with van der Waals surface area (Å²) < 4.78 is 0. The predicted molar refractivity (Wildman–Crippen MR) is 35.4 cm³/mol. The van der Waals surface area contributed by atoms with Crippen molar-refractivity contribution in [2.24, 2.45) is 0 Å². The molecule has 0 saturated carbocycles. The molecule has 1 rings (SSSR count). The summed E-state index contributed by atoms with van der Waals surface area (Å²) in [4.78, 5) is 0. The SMILES string of the molecule is [C]1=C\C/C=C\CCC/1. The lowest BCUT2D eigenvalue weighted by Gasteiger charge is -1.92. The topological polar surface area (TPSA) is 0 Å². The molecule has 1 radical (unpaired) electrons. The van der Waals surface area contributed by atoms with Gasteiger partial charge in [-0.25, -0.2) is 0 Å². The molecule has 0 fully saturated rings. The van der Waals surface area contributed by atoms with Crippen LogP contribution in [0.2, 0.25) is 0 Å². The Morgan fingerprint density at radius 3 is 3.25 bits per heavy atom. The summed E-state index contributed by atoms with van der Waals surface area (Å²) in [5, 5.41) is 0. The first-order valence-corrected chi connectivity index (χ1v) is 3.20. The lowest BCUT2D eigenvalue weighted by molar-refractivity contribution is 0.842. The average molecular weight is 107 g/mol. The van der Waals surface area contributed by atoms with Gasteiger partial charge in [0.25, 0.3) is 0 Å². The smallest absolute Gasteiger partial charge is 0.0163 e. The highest BCUT2D eigenvalue weighted by molar-refractivity contribution is 4.92. The molecule has 0 nitrogen and oxygen atoms in total. The van der Waals surface area contributed by atoms with Gasteiger partial charge in [-0.05, 0) is 31.8 Å². The van der Waals surface area contributed by atoms with Gasteiger partial charge in [0.15, 0.2) is 0 Å². The monoisotopic (exact) mass is 107 g/mol. The van der Waals surface area contributed by atoms with Crippen molar-refractivity contribution < 1.29 is 0 Å². The lowest BCUT2D eigenvalue weighted by Crippen LogP contribution is -1.73. The van der Waals surface area contributed by atoms with E-state index in [2.05, 4.69) is 24.3 Å². The molecule has 0 aliphatic heterocycles. The van der Waals surface area contributed by atoms with E-state index in [1.165, 1.54) is 12.8 Å². The zero-order valence-electron chi connectivity index (χ0n) is 5.06. The zero-order chi connectivity index (χ0) is 5.66. The van der Waals surface area contributed by atoms with Gasteiger partial charge in [-0.3, -0.25) is 0 Å². The van der Waals surface area contributed by atoms with Crippen LogP contribution in [-0.4, -0.2) is 0 Å². The molecule has 1 aliphatic carbocycles. The molecular formula is C8H11. The second-order valence-electron chi connectivity index (χ2n) is 2.01. The quantitative estimate of drug-likeness (QED) is 0.417. The minimum atomic E-state index is 1.08. The maximum Gasteiger partial charge on any atom is -0.0163 e. The van der Waals surface area contributed by atoms with Crippen LogP contribution in [0.15, 0.2) is 18.2 Å². The highest BCUT2D eigenvalue weighted by Crippen LogP contribution is 2.02. The Labute approximate surface area is 50.9 Å². The Morgan fingerprint density at radius 1 is 1.25 bits per heavy atom. The molecule has 0 bridgehead atoms. The van der Waals surface area contributed by atoms with Crippen molar-refractivity contribution >= 4 is 0 Å². The van der Waals surface area contributed by atoms with E-state index in [1.807, 2.05) is 0 Å². The first-order valence-electron chi connectivity index (χ1n) is 3.20. The molecule has 0 spiro atoms. The molecule has 0 amide bonds. The summed E-state index contributed by atoms with van der Waals surface area (Å²) in [6, 6.07) is 0. The van der Waals surface area contributed by atoms with Gasteiger partial charge in [-0.15, -0.1) is 0 Å². The Hall–Kier alpha value is -0.520. The molecule has 0 heterocycles. The van der Waals surface area contributed by atoms with Crippen molar-refractivity contribution in [3.63, 3.8) is 0 Å². The minimum absolute atomic E-state index is 1.08. The van der Waals surface area contributed by atoms with Gasteiger partial charge < -0.3 is 0 Å². The fourth-order valence-electron chi connectivity index (χ4n) is 0.789. The average Bonchev–Trinajstić information content (AvgIpc) is 1.62. The lowest BCUT2D eigenvalue weighted by atomic mass is 10.1. The van der Waals surface area contributed by atoms with Gasteiger partial charge in [0.2, 0.25) is 0 Å². The van der Waals surface area contributed by atoms with Crippen LogP contribution in [0.5, 0.6) is 0 Å². The molecule has 0 saturated heterocycles. The van der Waals surface area contributed by atoms with E-state index >= 15 is 0 Å². The van der Waals surface area contributed by atoms with Gasteiger partial charge in [0.1, 0.15) is 0 Å². The molecule has 0 N–H and O–H groups in total. The number of hydrogen-bond acceptors (Lipinski definition) is 0. The molecular weight excluding hydrogens is 96.1 g/mol. The third-order valence-corrected chi connectivity index (χ3v) is 1.26. The molecule has 0 aromatic carbocycles. The molecule has 0 atom stereocenters. The molecule has 1 aliphatic rings. The zero-order valence-corrected chi connectivity index (χ0v) is 5.06. The maximum absolute atomic E-state index is 3.21. The number of rotatable bonds is 0. The van der Waals surface area contributed by atoms with Gasteiger partial charge in [-0.2, -0.15) is 0 Å². The fourth-order valence-corrected chi connectivity index (χ4v) is 0.789. The van der Waals surface area contributed by atoms with E-state index < -0.39 is 0 Å². The second kappa shape index (κ2) is 3.48. The van der Waals surface area contributed by atoms with E-state index in [-0.39, 0.29) is 0 Å². The summed E-state index contributed by atoms with van der Waals surface area (Å²) in [6.07, 6.45) is 14.5. The second-order valence-corrected chi connectivity index (χ2v) is 2.01. The third kappa shape index (κ3) is 1.97. The van der Waals surface area contributed by atoms with Crippen LogP contribution in [0.25, 0.3) is 0 Å². The standard InChI is InChI=1S/C8H11/c1-2-4-6-8-7-5-3-1/h1-2,5H,3-4,6,8H2/b2-1-,7-5?. The minimum Gasteiger partial charge on any atom is -0.0882 e. The van der Waals surface area contributed by atoms with Gasteiger partial charge in [0.05, 0.1) is 0 Å². The Kier molecular flexibility index (Phi) is 2.44. The summed E-state index contributed by atoms with van der Waals surface area (Å²) in [5.41, 5.74) is 0. The fraction of sp³-hybridized carbons (Fsp3) is 0.500. The highest BCUT2D eigenvalue weighted by Gasteiger charge is 1.83. The van der Waals surface area contributed by atoms with Crippen LogP contribution in [0, 0.1) is 6.08 Å². The molecule has 0 aromatic rings. The van der Waals surface area contributed by atoms with Crippen LogP contribution >= 0.6 is 0 Å². The summed E-state index contributed by atoms with van der Waals surface area (Å²) in [7, 11) is 0. The number of allylic oxidation sites excluding steroid dienone is 4. The van der Waals surface area contributed by atoms with Crippen LogP contribution in [0.4, 0.5) is 0 Å². The largest absolute Gasteiger partial charge is 0.0882 e. The van der Waals surface area contributed by atoms with E-state index in [0.717, 1.165) is 12.8 Å². The van der Waals surface area contributed by atoms with Crippen molar-refractivity contribution in [2.45, 2.75) is 25.7 Å². The van der Waals surface area contributed by atoms with Crippen LogP contribution < -0.4 is 0 Å². The summed E-state index contributed by atoms with van der Waals surface area (Å²) >= 11 is 0. The summed E-state index contributed by atoms with van der Waals surface area (Å²) in [6.45, 7) is 0. The van der Waals surface area contributed by atoms with E-state index in [0.29, 0.717) is 0 Å². The van der Waals surface area contributed by atoms with Crippen LogP contribution in [0.1, 0.15) is 25.7 Å². The highest BCUT2D eigenvalue weighted by atomic mass is 13.9. The Morgan fingerprint density at radius 2 is 2.25 bits per heavy atom. The molecule has 0 heteroatoms. The number of hydrogen-bond donors (Lipinski definition) is 0. The van der Waals surface area contributed by atoms with Crippen molar-refractivity contribution in [3.8, 4) is 0 Å². The van der Waals surface area contributed by atoms with Crippen molar-refractivity contribution in [3.05, 3.63) is 24.3 Å². The molecule has 43 valence electrons. The Balaban J connectivity index is 2.31. The normalized spacial score (nSPS) is 28.0. The van der Waals surface area contributed by atoms with Crippen molar-refractivity contribution in [1.82, 2.24) is 0 Å². The molecule has 0 aromatic heterocycles. The van der Waals surface area contributed by atoms with Gasteiger partial charge >= 0.3 is 0 Å². The van der Waals surface area contributed by atoms with Crippen LogP contribution in [0.3, 0.4) is 0 Å². The van der Waals surface area contributed by atoms with Crippen molar-refractivity contribution in [1.29, 1.82) is 0 Å². The van der Waals surface area contributed by atoms with E-state index in [4.69, 9.17) is 0 Å². The first-order chi connectivity index (χ1) is 4.00. The van der Waals surface area contributed by atoms with Crippen molar-refractivity contribution in [2.75, 3.05) is 0 Å². The Bertz CT molecular complexity index is 86.6. The predicted octanol–water partition coefficient (Wildman–Crippen LogP) is 2.48. The van der Waals surface area contributed by atoms with E-state index in [1.54, 1.807) is 0 Å². The van der Waals surface area contributed by atoms with Crippen LogP contribution in [-0.2, 0) is 0 Å². The maximum atomic E-state index is 3.21. The molecule has 0 unspecified atom stereocenters. The summed E-state index contributed by atoms with van der Waals surface area (Å²) in [5.74, 6) is 0. The van der Waals surface area contributed by atoms with Gasteiger partial charge in [-0.1, -0.05) is 18.2 Å². The third-order valence-electron chi connectivity index (χ3n) is 1.26. The van der Waals surface area contributed by atoms with E-state index in [9.17, 15) is 0 Å². The van der Waals surface area contributed by atoms with Gasteiger partial charge in [0, 0.05) is 0 Å². The molecule has 8 heavy (non-hydrogen) atoms.